The second kappa shape index (κ2) is 6.71. The third-order valence-corrected chi connectivity index (χ3v) is 6.56. The number of nitrogens with zero attached hydrogens (tertiary/aromatic N) is 3. The van der Waals surface area contributed by atoms with Crippen LogP contribution in [0.25, 0.3) is 0 Å². The first-order valence-electron chi connectivity index (χ1n) is 9.09. The van der Waals surface area contributed by atoms with Gasteiger partial charge in [0.1, 0.15) is 6.04 Å². The molecule has 5 nitrogen and oxygen atoms in total. The van der Waals surface area contributed by atoms with E-state index in [0.29, 0.717) is 15.7 Å². The summed E-state index contributed by atoms with van der Waals surface area (Å²) in [6.07, 6.45) is 0.955. The van der Waals surface area contributed by atoms with E-state index >= 15 is 0 Å². The molecule has 0 N–H and O–H groups in total. The Hall–Kier alpha value is -1.63. The van der Waals surface area contributed by atoms with Gasteiger partial charge in [-0.25, -0.2) is 14.9 Å². The third kappa shape index (κ3) is 2.61. The zero-order chi connectivity index (χ0) is 19.6. The van der Waals surface area contributed by atoms with Gasteiger partial charge in [0, 0.05) is 23.1 Å². The zero-order valence-corrected chi connectivity index (χ0v) is 17.0. The van der Waals surface area contributed by atoms with Crippen molar-refractivity contribution >= 4 is 52.3 Å². The lowest BCUT2D eigenvalue weighted by Crippen LogP contribution is -2.44. The van der Waals surface area contributed by atoms with Crippen LogP contribution in [-0.2, 0) is 9.59 Å². The van der Waals surface area contributed by atoms with Crippen molar-refractivity contribution in [3.8, 4) is 0 Å². The van der Waals surface area contributed by atoms with Crippen LogP contribution < -0.4 is 4.90 Å². The number of halogens is 3. The van der Waals surface area contributed by atoms with Crippen molar-refractivity contribution < 1.29 is 9.59 Å². The molecule has 3 atom stereocenters. The Labute approximate surface area is 177 Å². The lowest BCUT2D eigenvalue weighted by molar-refractivity contribution is -0.126. The molecular formula is C20H16Cl3N3O2. The second-order valence-electron chi connectivity index (χ2n) is 7.25. The lowest BCUT2D eigenvalue weighted by atomic mass is 9.90. The first kappa shape index (κ1) is 18.4. The van der Waals surface area contributed by atoms with Gasteiger partial charge in [-0.3, -0.25) is 9.59 Å². The smallest absolute Gasteiger partial charge is 0.253 e. The molecule has 3 aliphatic heterocycles. The molecule has 2 amide bonds. The van der Waals surface area contributed by atoms with Crippen LogP contribution in [0.1, 0.15) is 18.0 Å². The summed E-state index contributed by atoms with van der Waals surface area (Å²) in [6, 6.07) is 11.6. The first-order chi connectivity index (χ1) is 13.5. The molecule has 0 bridgehead atoms. The minimum Gasteiger partial charge on any atom is -0.274 e. The van der Waals surface area contributed by atoms with Crippen LogP contribution in [0.4, 0.5) is 5.69 Å². The number of carbonyl (C=O) groups excluding carboxylic acids is 2. The average molecular weight is 437 g/mol. The molecule has 2 aromatic carbocycles. The Morgan fingerprint density at radius 3 is 2.11 bits per heavy atom. The summed E-state index contributed by atoms with van der Waals surface area (Å²) in [4.78, 5) is 28.0. The maximum absolute atomic E-state index is 13.5. The molecular weight excluding hydrogens is 421 g/mol. The van der Waals surface area contributed by atoms with Gasteiger partial charge in [0.15, 0.2) is 0 Å². The predicted molar refractivity (Wildman–Crippen MR) is 108 cm³/mol. The SMILES string of the molecule is O=C1[C@@H]2[C@H](C(=O)N1c1ccc(Cl)cc1Cl)N1CCCN1[C@H]2c1ccc(Cl)cc1. The number of hydrogen-bond donors (Lipinski definition) is 0. The molecule has 3 fully saturated rings. The fourth-order valence-corrected chi connectivity index (χ4v) is 5.29. The van der Waals surface area contributed by atoms with Crippen LogP contribution in [0.2, 0.25) is 15.1 Å². The largest absolute Gasteiger partial charge is 0.274 e. The van der Waals surface area contributed by atoms with E-state index in [4.69, 9.17) is 34.8 Å². The molecule has 0 saturated carbocycles. The molecule has 3 saturated heterocycles. The number of hydrogen-bond acceptors (Lipinski definition) is 4. The van der Waals surface area contributed by atoms with Gasteiger partial charge in [-0.05, 0) is 42.3 Å². The molecule has 28 heavy (non-hydrogen) atoms. The first-order valence-corrected chi connectivity index (χ1v) is 10.2. The highest BCUT2D eigenvalue weighted by Crippen LogP contribution is 2.49. The molecule has 2 aromatic rings. The van der Waals surface area contributed by atoms with Crippen LogP contribution in [-0.4, -0.2) is 41.0 Å². The minimum atomic E-state index is -0.512. The highest BCUT2D eigenvalue weighted by molar-refractivity contribution is 6.38. The predicted octanol–water partition coefficient (Wildman–Crippen LogP) is 4.18. The van der Waals surface area contributed by atoms with Crippen molar-refractivity contribution in [3.05, 3.63) is 63.1 Å². The van der Waals surface area contributed by atoms with Gasteiger partial charge < -0.3 is 0 Å². The normalized spacial score (nSPS) is 27.5. The summed E-state index contributed by atoms with van der Waals surface area (Å²) in [5, 5.41) is 5.59. The molecule has 0 radical (unpaired) electrons. The Balaban J connectivity index is 1.59. The highest BCUT2D eigenvalue weighted by Gasteiger charge is 2.63. The van der Waals surface area contributed by atoms with Crippen LogP contribution in [0, 0.1) is 5.92 Å². The van der Waals surface area contributed by atoms with Crippen molar-refractivity contribution in [2.24, 2.45) is 5.92 Å². The maximum atomic E-state index is 13.5. The molecule has 0 spiro atoms. The number of carbonyl (C=O) groups is 2. The van der Waals surface area contributed by atoms with Crippen LogP contribution in [0.3, 0.4) is 0 Å². The van der Waals surface area contributed by atoms with E-state index in [-0.39, 0.29) is 22.9 Å². The van der Waals surface area contributed by atoms with E-state index < -0.39 is 12.0 Å². The van der Waals surface area contributed by atoms with Crippen molar-refractivity contribution in [1.29, 1.82) is 0 Å². The van der Waals surface area contributed by atoms with Crippen LogP contribution in [0.15, 0.2) is 42.5 Å². The summed E-state index contributed by atoms with van der Waals surface area (Å²) in [5.41, 5.74) is 1.37. The number of benzene rings is 2. The van der Waals surface area contributed by atoms with E-state index in [1.807, 2.05) is 29.3 Å². The zero-order valence-electron chi connectivity index (χ0n) is 14.7. The van der Waals surface area contributed by atoms with Crippen molar-refractivity contribution in [1.82, 2.24) is 10.0 Å². The summed E-state index contributed by atoms with van der Waals surface area (Å²) < 4.78 is 0. The Morgan fingerprint density at radius 1 is 0.786 bits per heavy atom. The Kier molecular flexibility index (Phi) is 4.41. The van der Waals surface area contributed by atoms with Crippen LogP contribution >= 0.6 is 34.8 Å². The van der Waals surface area contributed by atoms with E-state index in [0.717, 1.165) is 25.1 Å². The van der Waals surface area contributed by atoms with E-state index in [9.17, 15) is 9.59 Å². The number of rotatable bonds is 2. The average Bonchev–Trinajstić information content (AvgIpc) is 3.30. The van der Waals surface area contributed by atoms with Crippen molar-refractivity contribution in [2.75, 3.05) is 18.0 Å². The summed E-state index contributed by atoms with van der Waals surface area (Å²) in [5.74, 6) is -0.947. The van der Waals surface area contributed by atoms with Gasteiger partial charge in [0.2, 0.25) is 5.91 Å². The lowest BCUT2D eigenvalue weighted by Gasteiger charge is -2.30. The standard InChI is InChI=1S/C20H16Cl3N3O2/c21-12-4-2-11(3-5-12)17-16-18(25-9-1-8-24(17)25)20(28)26(19(16)27)15-7-6-13(22)10-14(15)23/h2-7,10,16-18H,1,8-9H2/t16-,17-,18+/m0/s1. The van der Waals surface area contributed by atoms with Crippen molar-refractivity contribution in [2.45, 2.75) is 18.5 Å². The molecule has 5 rings (SSSR count). The van der Waals surface area contributed by atoms with E-state index in [2.05, 4.69) is 5.01 Å². The van der Waals surface area contributed by atoms with Gasteiger partial charge in [0.25, 0.3) is 5.91 Å². The minimum absolute atomic E-state index is 0.197. The molecule has 144 valence electrons. The Morgan fingerprint density at radius 2 is 1.43 bits per heavy atom. The second-order valence-corrected chi connectivity index (χ2v) is 8.53. The Bertz CT molecular complexity index is 981. The number of hydrazine groups is 1. The van der Waals surface area contributed by atoms with Gasteiger partial charge in [-0.2, -0.15) is 0 Å². The molecule has 0 aromatic heterocycles. The topological polar surface area (TPSA) is 43.9 Å². The summed E-state index contributed by atoms with van der Waals surface area (Å²) in [7, 11) is 0. The molecule has 8 heteroatoms. The quantitative estimate of drug-likeness (QED) is 0.663. The molecule has 3 aliphatic rings. The van der Waals surface area contributed by atoms with Gasteiger partial charge in [-0.15, -0.1) is 0 Å². The van der Waals surface area contributed by atoms with Gasteiger partial charge >= 0.3 is 0 Å². The van der Waals surface area contributed by atoms with E-state index in [1.54, 1.807) is 18.2 Å². The fraction of sp³-hybridized carbons (Fsp3) is 0.300. The summed E-state index contributed by atoms with van der Waals surface area (Å²) in [6.45, 7) is 1.58. The third-order valence-electron chi connectivity index (χ3n) is 5.77. The van der Waals surface area contributed by atoms with E-state index in [1.165, 1.54) is 4.90 Å². The summed E-state index contributed by atoms with van der Waals surface area (Å²) >= 11 is 18.3. The molecule has 3 heterocycles. The monoisotopic (exact) mass is 435 g/mol. The van der Waals surface area contributed by atoms with Gasteiger partial charge in [-0.1, -0.05) is 46.9 Å². The fourth-order valence-electron chi connectivity index (χ4n) is 4.67. The molecule has 0 unspecified atom stereocenters. The molecule has 0 aliphatic carbocycles. The van der Waals surface area contributed by atoms with Crippen molar-refractivity contribution in [3.63, 3.8) is 0 Å². The van der Waals surface area contributed by atoms with Crippen LogP contribution in [0.5, 0.6) is 0 Å². The number of amides is 2. The number of fused-ring (bicyclic) bond motifs is 3. The number of imide groups is 1. The van der Waals surface area contributed by atoms with Gasteiger partial charge in [0.05, 0.1) is 22.7 Å². The maximum Gasteiger partial charge on any atom is 0.253 e. The number of anilines is 1. The highest BCUT2D eigenvalue weighted by atomic mass is 35.5.